The molecular formula is C22H30N2O4. The first-order valence-corrected chi connectivity index (χ1v) is 9.71. The van der Waals surface area contributed by atoms with Crippen LogP contribution in [0.2, 0.25) is 0 Å². The second-order valence-electron chi connectivity index (χ2n) is 6.34. The first-order chi connectivity index (χ1) is 13.6. The summed E-state index contributed by atoms with van der Waals surface area (Å²) in [7, 11) is 0. The average Bonchev–Trinajstić information content (AvgIpc) is 2.70. The largest absolute Gasteiger partial charge is 0.491 e. The van der Waals surface area contributed by atoms with Gasteiger partial charge in [-0.25, -0.2) is 0 Å². The second-order valence-corrected chi connectivity index (χ2v) is 6.34. The number of ether oxygens (including phenoxy) is 3. The van der Waals surface area contributed by atoms with Crippen molar-refractivity contribution in [3.8, 4) is 11.5 Å². The third-order valence-electron chi connectivity index (χ3n) is 4.02. The third-order valence-corrected chi connectivity index (χ3v) is 4.02. The van der Waals surface area contributed by atoms with Crippen molar-refractivity contribution in [2.24, 2.45) is 0 Å². The summed E-state index contributed by atoms with van der Waals surface area (Å²) in [4.78, 5) is 12.2. The molecular weight excluding hydrogens is 356 g/mol. The zero-order valence-corrected chi connectivity index (χ0v) is 16.9. The van der Waals surface area contributed by atoms with Gasteiger partial charge in [-0.2, -0.15) is 0 Å². The molecule has 0 radical (unpaired) electrons. The van der Waals surface area contributed by atoms with Crippen LogP contribution in [0.15, 0.2) is 48.5 Å². The Hall–Kier alpha value is -2.73. The predicted molar refractivity (Wildman–Crippen MR) is 112 cm³/mol. The number of hydrogen-bond donors (Lipinski definition) is 2. The van der Waals surface area contributed by atoms with E-state index in [4.69, 9.17) is 14.2 Å². The Labute approximate surface area is 167 Å². The molecule has 28 heavy (non-hydrogen) atoms. The van der Waals surface area contributed by atoms with Crippen LogP contribution in [0.4, 0.5) is 11.4 Å². The van der Waals surface area contributed by atoms with Crippen molar-refractivity contribution in [1.29, 1.82) is 0 Å². The fourth-order valence-corrected chi connectivity index (χ4v) is 2.41. The number of nitrogens with one attached hydrogen (secondary N) is 2. The maximum absolute atomic E-state index is 12.2. The lowest BCUT2D eigenvalue weighted by molar-refractivity contribution is -0.114. The molecule has 0 aliphatic rings. The smallest absolute Gasteiger partial charge is 0.243 e. The number of rotatable bonds is 12. The molecule has 0 fully saturated rings. The monoisotopic (exact) mass is 386 g/mol. The van der Waals surface area contributed by atoms with Crippen LogP contribution < -0.4 is 20.1 Å². The minimum absolute atomic E-state index is 0.135. The molecule has 2 aromatic carbocycles. The molecule has 0 saturated carbocycles. The lowest BCUT2D eigenvalue weighted by Crippen LogP contribution is -2.21. The molecule has 2 rings (SSSR count). The van der Waals surface area contributed by atoms with Crippen molar-refractivity contribution < 1.29 is 19.0 Å². The Morgan fingerprint density at radius 2 is 1.71 bits per heavy atom. The van der Waals surface area contributed by atoms with E-state index in [1.165, 1.54) is 0 Å². The van der Waals surface area contributed by atoms with Crippen molar-refractivity contribution >= 4 is 17.3 Å². The summed E-state index contributed by atoms with van der Waals surface area (Å²) in [5.41, 5.74) is 1.53. The van der Waals surface area contributed by atoms with Gasteiger partial charge in [-0.3, -0.25) is 4.79 Å². The molecule has 1 amide bonds. The van der Waals surface area contributed by atoms with Crippen molar-refractivity contribution in [1.82, 2.24) is 0 Å². The molecule has 1 unspecified atom stereocenters. The Morgan fingerprint density at radius 1 is 1.00 bits per heavy atom. The van der Waals surface area contributed by atoms with Gasteiger partial charge in [0.25, 0.3) is 0 Å². The summed E-state index contributed by atoms with van der Waals surface area (Å²) in [6.07, 6.45) is 1.06. The van der Waals surface area contributed by atoms with E-state index in [0.717, 1.165) is 23.6 Å². The van der Waals surface area contributed by atoms with Crippen LogP contribution in [0, 0.1) is 0 Å². The van der Waals surface area contributed by atoms with E-state index < -0.39 is 0 Å². The SMILES string of the molecule is CCOCCOc1cccc(NCC(=O)Nc2cccc(OC(C)CC)c2)c1. The van der Waals surface area contributed by atoms with Crippen LogP contribution in [0.3, 0.4) is 0 Å². The molecule has 0 saturated heterocycles. The fourth-order valence-electron chi connectivity index (χ4n) is 2.41. The molecule has 6 heteroatoms. The highest BCUT2D eigenvalue weighted by Crippen LogP contribution is 2.20. The molecule has 0 aromatic heterocycles. The minimum atomic E-state index is -0.136. The molecule has 1 atom stereocenters. The molecule has 2 aromatic rings. The van der Waals surface area contributed by atoms with Gasteiger partial charge in [0.1, 0.15) is 18.1 Å². The fraction of sp³-hybridized carbons (Fsp3) is 0.409. The topological polar surface area (TPSA) is 68.8 Å². The van der Waals surface area contributed by atoms with Crippen LogP contribution in [0.5, 0.6) is 11.5 Å². The van der Waals surface area contributed by atoms with Crippen LogP contribution in [0.1, 0.15) is 27.2 Å². The first kappa shape index (κ1) is 21.6. The Kier molecular flexibility index (Phi) is 9.15. The van der Waals surface area contributed by atoms with Gasteiger partial charge < -0.3 is 24.8 Å². The quantitative estimate of drug-likeness (QED) is 0.532. The number of amides is 1. The van der Waals surface area contributed by atoms with Gasteiger partial charge in [-0.15, -0.1) is 0 Å². The summed E-state index contributed by atoms with van der Waals surface area (Å²) < 4.78 is 16.7. The van der Waals surface area contributed by atoms with E-state index >= 15 is 0 Å². The maximum Gasteiger partial charge on any atom is 0.243 e. The lowest BCUT2D eigenvalue weighted by atomic mass is 10.2. The maximum atomic E-state index is 12.2. The van der Waals surface area contributed by atoms with Crippen molar-refractivity contribution in [2.45, 2.75) is 33.3 Å². The van der Waals surface area contributed by atoms with Crippen molar-refractivity contribution in [2.75, 3.05) is 37.0 Å². The van der Waals surface area contributed by atoms with Crippen LogP contribution in [-0.4, -0.2) is 38.4 Å². The normalized spacial score (nSPS) is 11.5. The number of carbonyl (C=O) groups excluding carboxylic acids is 1. The van der Waals surface area contributed by atoms with Gasteiger partial charge in [0, 0.05) is 30.1 Å². The van der Waals surface area contributed by atoms with E-state index in [1.807, 2.05) is 62.4 Å². The number of hydrogen-bond acceptors (Lipinski definition) is 5. The molecule has 152 valence electrons. The van der Waals surface area contributed by atoms with Crippen molar-refractivity contribution in [3.63, 3.8) is 0 Å². The summed E-state index contributed by atoms with van der Waals surface area (Å²) in [5, 5.41) is 5.99. The minimum Gasteiger partial charge on any atom is -0.491 e. The van der Waals surface area contributed by atoms with Crippen LogP contribution in [0.25, 0.3) is 0 Å². The van der Waals surface area contributed by atoms with E-state index in [0.29, 0.717) is 25.5 Å². The van der Waals surface area contributed by atoms with E-state index in [9.17, 15) is 4.79 Å². The highest BCUT2D eigenvalue weighted by Gasteiger charge is 2.06. The lowest BCUT2D eigenvalue weighted by Gasteiger charge is -2.14. The first-order valence-electron chi connectivity index (χ1n) is 9.71. The van der Waals surface area contributed by atoms with Crippen LogP contribution in [-0.2, 0) is 9.53 Å². The molecule has 0 bridgehead atoms. The summed E-state index contributed by atoms with van der Waals surface area (Å²) in [6, 6.07) is 14.9. The standard InChI is InChI=1S/C22H30N2O4/c1-4-17(3)28-21-11-7-9-19(15-21)24-22(25)16-23-18-8-6-10-20(14-18)27-13-12-26-5-2/h6-11,14-15,17,23H,4-5,12-13,16H2,1-3H3,(H,24,25). The van der Waals surface area contributed by atoms with Gasteiger partial charge in [-0.1, -0.05) is 19.1 Å². The number of benzene rings is 2. The number of carbonyl (C=O) groups is 1. The zero-order valence-electron chi connectivity index (χ0n) is 16.9. The van der Waals surface area contributed by atoms with Gasteiger partial charge in [0.2, 0.25) is 5.91 Å². The summed E-state index contributed by atoms with van der Waals surface area (Å²) >= 11 is 0. The van der Waals surface area contributed by atoms with E-state index in [-0.39, 0.29) is 18.6 Å². The van der Waals surface area contributed by atoms with Gasteiger partial charge >= 0.3 is 0 Å². The molecule has 0 heterocycles. The predicted octanol–water partition coefficient (Wildman–Crippen LogP) is 4.33. The zero-order chi connectivity index (χ0) is 20.2. The van der Waals surface area contributed by atoms with Gasteiger partial charge in [0.05, 0.1) is 19.3 Å². The van der Waals surface area contributed by atoms with Gasteiger partial charge in [-0.05, 0) is 44.5 Å². The molecule has 0 spiro atoms. The Balaban J connectivity index is 1.81. The highest BCUT2D eigenvalue weighted by molar-refractivity contribution is 5.93. The van der Waals surface area contributed by atoms with Gasteiger partial charge in [0.15, 0.2) is 0 Å². The van der Waals surface area contributed by atoms with Crippen molar-refractivity contribution in [3.05, 3.63) is 48.5 Å². The Bertz CT molecular complexity index is 736. The Morgan fingerprint density at radius 3 is 2.46 bits per heavy atom. The second kappa shape index (κ2) is 11.9. The summed E-state index contributed by atoms with van der Waals surface area (Å²) in [6.45, 7) is 7.91. The van der Waals surface area contributed by atoms with E-state index in [2.05, 4.69) is 17.6 Å². The highest BCUT2D eigenvalue weighted by atomic mass is 16.5. The molecule has 2 N–H and O–H groups in total. The molecule has 0 aliphatic heterocycles. The van der Waals surface area contributed by atoms with Crippen LogP contribution >= 0.6 is 0 Å². The number of anilines is 2. The molecule has 6 nitrogen and oxygen atoms in total. The summed E-state index contributed by atoms with van der Waals surface area (Å²) in [5.74, 6) is 1.35. The third kappa shape index (κ3) is 7.88. The average molecular weight is 386 g/mol. The molecule has 0 aliphatic carbocycles. The van der Waals surface area contributed by atoms with E-state index in [1.54, 1.807) is 0 Å².